The smallest absolute Gasteiger partial charge is 0.327 e. The Hall–Kier alpha value is -2.09. The third-order valence-corrected chi connectivity index (χ3v) is 5.42. The highest BCUT2D eigenvalue weighted by molar-refractivity contribution is 5.81. The van der Waals surface area contributed by atoms with Gasteiger partial charge in [0.2, 0.25) is 0 Å². The summed E-state index contributed by atoms with van der Waals surface area (Å²) in [6.07, 6.45) is 7.83. The zero-order valence-corrected chi connectivity index (χ0v) is 15.1. The van der Waals surface area contributed by atoms with Crippen LogP contribution in [-0.4, -0.2) is 39.3 Å². The standard InChI is InChI=1S/C18H27N5O3/c19-15-14-16(22-17(21-15)26-11-7-13-3-4-13)23(18(24)20-14)8-1-2-12-5-9-25-10-6-12/h12-13H,1-11H2,(H,20,24)(H2,19,21,22). The molecular formula is C18H27N5O3. The number of nitrogens with zero attached hydrogens (tertiary/aromatic N) is 3. The lowest BCUT2D eigenvalue weighted by Gasteiger charge is -2.21. The molecule has 0 spiro atoms. The van der Waals surface area contributed by atoms with Gasteiger partial charge in [0.1, 0.15) is 5.52 Å². The van der Waals surface area contributed by atoms with Crippen LogP contribution in [0.5, 0.6) is 6.01 Å². The molecule has 3 heterocycles. The number of nitrogen functional groups attached to an aromatic ring is 1. The monoisotopic (exact) mass is 361 g/mol. The first-order valence-electron chi connectivity index (χ1n) is 9.67. The topological polar surface area (TPSA) is 108 Å². The van der Waals surface area contributed by atoms with E-state index in [4.69, 9.17) is 15.2 Å². The molecule has 0 atom stereocenters. The van der Waals surface area contributed by atoms with Crippen LogP contribution >= 0.6 is 0 Å². The molecule has 0 bridgehead atoms. The van der Waals surface area contributed by atoms with Gasteiger partial charge < -0.3 is 20.2 Å². The quantitative estimate of drug-likeness (QED) is 0.745. The Morgan fingerprint density at radius 1 is 1.15 bits per heavy atom. The van der Waals surface area contributed by atoms with E-state index >= 15 is 0 Å². The molecule has 0 aromatic carbocycles. The average Bonchev–Trinajstić information content (AvgIpc) is 3.40. The van der Waals surface area contributed by atoms with Gasteiger partial charge in [-0.2, -0.15) is 9.97 Å². The highest BCUT2D eigenvalue weighted by atomic mass is 16.5. The van der Waals surface area contributed by atoms with Crippen molar-refractivity contribution in [1.82, 2.24) is 19.5 Å². The summed E-state index contributed by atoms with van der Waals surface area (Å²) in [4.78, 5) is 23.7. The van der Waals surface area contributed by atoms with Gasteiger partial charge in [-0.25, -0.2) is 4.79 Å². The average molecular weight is 361 g/mol. The molecule has 2 aliphatic rings. The lowest BCUT2D eigenvalue weighted by molar-refractivity contribution is 0.0629. The predicted octanol–water partition coefficient (Wildman–Crippen LogP) is 2.09. The van der Waals surface area contributed by atoms with E-state index in [1.807, 2.05) is 0 Å². The Morgan fingerprint density at radius 3 is 2.69 bits per heavy atom. The molecule has 2 aromatic heterocycles. The molecule has 26 heavy (non-hydrogen) atoms. The van der Waals surface area contributed by atoms with Crippen molar-refractivity contribution in [2.24, 2.45) is 11.8 Å². The van der Waals surface area contributed by atoms with Crippen LogP contribution in [0.25, 0.3) is 11.2 Å². The highest BCUT2D eigenvalue weighted by Crippen LogP contribution is 2.32. The summed E-state index contributed by atoms with van der Waals surface area (Å²) in [6, 6.07) is 0.257. The van der Waals surface area contributed by atoms with Crippen molar-refractivity contribution in [3.05, 3.63) is 10.5 Å². The van der Waals surface area contributed by atoms with Gasteiger partial charge >= 0.3 is 11.7 Å². The maximum Gasteiger partial charge on any atom is 0.327 e. The van der Waals surface area contributed by atoms with E-state index in [0.717, 1.165) is 51.2 Å². The number of imidazole rings is 1. The molecule has 0 radical (unpaired) electrons. The molecule has 0 unspecified atom stereocenters. The molecule has 1 saturated carbocycles. The normalized spacial score (nSPS) is 18.5. The third kappa shape index (κ3) is 4.00. The molecule has 8 nitrogen and oxygen atoms in total. The number of anilines is 1. The van der Waals surface area contributed by atoms with Gasteiger partial charge in [0.15, 0.2) is 11.5 Å². The molecule has 4 rings (SSSR count). The van der Waals surface area contributed by atoms with Crippen LogP contribution < -0.4 is 16.2 Å². The van der Waals surface area contributed by atoms with Crippen molar-refractivity contribution in [2.45, 2.75) is 51.5 Å². The molecule has 8 heteroatoms. The third-order valence-electron chi connectivity index (χ3n) is 5.42. The number of nitrogens with one attached hydrogen (secondary N) is 1. The molecule has 1 aliphatic heterocycles. The number of aryl methyl sites for hydroxylation is 1. The summed E-state index contributed by atoms with van der Waals surface area (Å²) in [5.74, 6) is 1.73. The predicted molar refractivity (Wildman–Crippen MR) is 98.2 cm³/mol. The first kappa shape index (κ1) is 17.3. The first-order chi connectivity index (χ1) is 12.7. The summed E-state index contributed by atoms with van der Waals surface area (Å²) in [6.45, 7) is 2.91. The number of rotatable bonds is 8. The number of aromatic nitrogens is 4. The lowest BCUT2D eigenvalue weighted by atomic mass is 9.95. The van der Waals surface area contributed by atoms with Crippen molar-refractivity contribution in [1.29, 1.82) is 0 Å². The molecule has 142 valence electrons. The molecule has 1 saturated heterocycles. The van der Waals surface area contributed by atoms with Gasteiger partial charge in [0.05, 0.1) is 6.61 Å². The second-order valence-corrected chi connectivity index (χ2v) is 7.45. The van der Waals surface area contributed by atoms with Gasteiger partial charge in [-0.1, -0.05) is 12.8 Å². The fourth-order valence-corrected chi connectivity index (χ4v) is 3.60. The van der Waals surface area contributed by atoms with Crippen LogP contribution in [0.2, 0.25) is 0 Å². The number of hydrogen-bond donors (Lipinski definition) is 2. The van der Waals surface area contributed by atoms with Crippen molar-refractivity contribution in [3.63, 3.8) is 0 Å². The van der Waals surface area contributed by atoms with E-state index in [1.165, 1.54) is 12.8 Å². The Labute approximate surface area is 152 Å². The SMILES string of the molecule is Nc1nc(OCCC2CC2)nc2c1[nH]c(=O)n2CCCC1CCOCC1. The minimum Gasteiger partial charge on any atom is -0.463 e. The number of fused-ring (bicyclic) bond motifs is 1. The van der Waals surface area contributed by atoms with Gasteiger partial charge in [0, 0.05) is 19.8 Å². The van der Waals surface area contributed by atoms with Crippen molar-refractivity contribution < 1.29 is 9.47 Å². The van der Waals surface area contributed by atoms with Gasteiger partial charge in [-0.05, 0) is 43.9 Å². The van der Waals surface area contributed by atoms with E-state index in [2.05, 4.69) is 15.0 Å². The lowest BCUT2D eigenvalue weighted by Crippen LogP contribution is -2.19. The Balaban J connectivity index is 1.44. The second kappa shape index (κ2) is 7.65. The number of nitrogens with two attached hydrogens (primary N) is 1. The number of H-pyrrole nitrogens is 1. The molecule has 0 amide bonds. The fourth-order valence-electron chi connectivity index (χ4n) is 3.60. The van der Waals surface area contributed by atoms with Crippen LogP contribution in [0.15, 0.2) is 4.79 Å². The summed E-state index contributed by atoms with van der Waals surface area (Å²) in [5.41, 5.74) is 6.84. The van der Waals surface area contributed by atoms with E-state index in [0.29, 0.717) is 30.2 Å². The summed E-state index contributed by atoms with van der Waals surface area (Å²) < 4.78 is 12.7. The Kier molecular flexibility index (Phi) is 5.10. The highest BCUT2D eigenvalue weighted by Gasteiger charge is 2.21. The summed E-state index contributed by atoms with van der Waals surface area (Å²) in [7, 11) is 0. The molecule has 2 aromatic rings. The van der Waals surface area contributed by atoms with Crippen LogP contribution in [0, 0.1) is 11.8 Å². The van der Waals surface area contributed by atoms with Gasteiger partial charge in [-0.3, -0.25) is 4.57 Å². The van der Waals surface area contributed by atoms with E-state index in [1.54, 1.807) is 4.57 Å². The number of aromatic amines is 1. The largest absolute Gasteiger partial charge is 0.463 e. The Morgan fingerprint density at radius 2 is 1.92 bits per heavy atom. The van der Waals surface area contributed by atoms with Crippen LogP contribution in [0.4, 0.5) is 5.82 Å². The van der Waals surface area contributed by atoms with Crippen LogP contribution in [0.1, 0.15) is 44.9 Å². The van der Waals surface area contributed by atoms with Crippen molar-refractivity contribution in [3.8, 4) is 6.01 Å². The Bertz CT molecular complexity index is 805. The second-order valence-electron chi connectivity index (χ2n) is 7.45. The minimum atomic E-state index is -0.192. The fraction of sp³-hybridized carbons (Fsp3) is 0.722. The van der Waals surface area contributed by atoms with Crippen LogP contribution in [-0.2, 0) is 11.3 Å². The van der Waals surface area contributed by atoms with Crippen LogP contribution in [0.3, 0.4) is 0 Å². The molecule has 3 N–H and O–H groups in total. The summed E-state index contributed by atoms with van der Waals surface area (Å²) >= 11 is 0. The minimum absolute atomic E-state index is 0.192. The molecular weight excluding hydrogens is 334 g/mol. The first-order valence-corrected chi connectivity index (χ1v) is 9.67. The van der Waals surface area contributed by atoms with Crippen molar-refractivity contribution in [2.75, 3.05) is 25.6 Å². The number of ether oxygens (including phenoxy) is 2. The van der Waals surface area contributed by atoms with E-state index in [9.17, 15) is 4.79 Å². The zero-order chi connectivity index (χ0) is 17.9. The van der Waals surface area contributed by atoms with Crippen molar-refractivity contribution >= 4 is 17.0 Å². The van der Waals surface area contributed by atoms with E-state index < -0.39 is 0 Å². The van der Waals surface area contributed by atoms with E-state index in [-0.39, 0.29) is 17.5 Å². The molecule has 2 fully saturated rings. The zero-order valence-electron chi connectivity index (χ0n) is 15.1. The van der Waals surface area contributed by atoms with Gasteiger partial charge in [0.25, 0.3) is 0 Å². The number of hydrogen-bond acceptors (Lipinski definition) is 6. The maximum absolute atomic E-state index is 12.3. The maximum atomic E-state index is 12.3. The van der Waals surface area contributed by atoms with Gasteiger partial charge in [-0.15, -0.1) is 0 Å². The summed E-state index contributed by atoms with van der Waals surface area (Å²) in [5, 5.41) is 0. The molecule has 1 aliphatic carbocycles.